The van der Waals surface area contributed by atoms with Gasteiger partial charge in [0.05, 0.1) is 22.4 Å². The van der Waals surface area contributed by atoms with Crippen molar-refractivity contribution < 1.29 is 18.0 Å². The zero-order chi connectivity index (χ0) is 20.9. The van der Waals surface area contributed by atoms with Crippen molar-refractivity contribution in [3.05, 3.63) is 44.8 Å². The van der Waals surface area contributed by atoms with Gasteiger partial charge in [0.2, 0.25) is 0 Å². The fraction of sp³-hybridized carbons (Fsp3) is 0.474. The second-order valence-corrected chi connectivity index (χ2v) is 8.33. The summed E-state index contributed by atoms with van der Waals surface area (Å²) in [6.07, 6.45) is -2.75. The van der Waals surface area contributed by atoms with Gasteiger partial charge in [-0.05, 0) is 39.2 Å². The average Bonchev–Trinajstić information content (AvgIpc) is 3.36. The number of carbonyl (C=O) groups is 1. The third-order valence-corrected chi connectivity index (χ3v) is 6.17. The van der Waals surface area contributed by atoms with Crippen LogP contribution in [0.1, 0.15) is 63.3 Å². The van der Waals surface area contributed by atoms with E-state index in [4.69, 9.17) is 0 Å². The number of hydrogen-bond acceptors (Lipinski definition) is 5. The van der Waals surface area contributed by atoms with Crippen molar-refractivity contribution in [3.8, 4) is 0 Å². The fourth-order valence-corrected chi connectivity index (χ4v) is 4.64. The fourth-order valence-electron chi connectivity index (χ4n) is 3.77. The van der Waals surface area contributed by atoms with Gasteiger partial charge < -0.3 is 4.90 Å². The van der Waals surface area contributed by atoms with Crippen LogP contribution in [0.2, 0.25) is 0 Å². The smallest absolute Gasteiger partial charge is 0.329 e. The molecule has 0 radical (unpaired) electrons. The number of amides is 1. The summed E-state index contributed by atoms with van der Waals surface area (Å²) >= 11 is 1.33. The minimum absolute atomic E-state index is 0.147. The zero-order valence-corrected chi connectivity index (χ0v) is 17.1. The lowest BCUT2D eigenvalue weighted by Crippen LogP contribution is -2.30. The summed E-state index contributed by atoms with van der Waals surface area (Å²) < 4.78 is 41.4. The summed E-state index contributed by atoms with van der Waals surface area (Å²) in [5.74, 6) is -0.147. The minimum Gasteiger partial charge on any atom is -0.329 e. The van der Waals surface area contributed by atoms with Crippen LogP contribution in [0.5, 0.6) is 0 Å². The van der Waals surface area contributed by atoms with E-state index in [1.165, 1.54) is 11.3 Å². The molecule has 0 bridgehead atoms. The number of nitrogens with zero attached hydrogens (tertiary/aromatic N) is 5. The van der Waals surface area contributed by atoms with Crippen LogP contribution in [-0.2, 0) is 12.6 Å². The standard InChI is InChI=1S/C19H20F3N5OS/c1-4-12-8-15(19(20,21)22)27-16(24-12)9-13(25-27)14-6-5-7-26(14)18(28)17-10(2)23-11(3)29-17/h8-9,14H,4-7H2,1-3H3/t14-/m0/s1. The highest BCUT2D eigenvalue weighted by Crippen LogP contribution is 2.36. The number of thiazole rings is 1. The molecule has 154 valence electrons. The van der Waals surface area contributed by atoms with Gasteiger partial charge in [-0.25, -0.2) is 14.5 Å². The second kappa shape index (κ2) is 7.08. The van der Waals surface area contributed by atoms with E-state index >= 15 is 0 Å². The van der Waals surface area contributed by atoms with E-state index in [1.54, 1.807) is 24.8 Å². The number of aryl methyl sites for hydroxylation is 3. The van der Waals surface area contributed by atoms with Crippen molar-refractivity contribution in [3.63, 3.8) is 0 Å². The van der Waals surface area contributed by atoms with Gasteiger partial charge >= 0.3 is 6.18 Å². The quantitative estimate of drug-likeness (QED) is 0.628. The Morgan fingerprint density at radius 1 is 1.28 bits per heavy atom. The van der Waals surface area contributed by atoms with Crippen LogP contribution in [0.25, 0.3) is 5.65 Å². The average molecular weight is 423 g/mol. The molecule has 3 aromatic rings. The maximum atomic E-state index is 13.5. The van der Waals surface area contributed by atoms with E-state index < -0.39 is 11.9 Å². The molecule has 0 N–H and O–H groups in total. The van der Waals surface area contributed by atoms with E-state index in [9.17, 15) is 18.0 Å². The summed E-state index contributed by atoms with van der Waals surface area (Å²) in [5, 5.41) is 5.02. The molecular weight excluding hydrogens is 403 g/mol. The molecule has 29 heavy (non-hydrogen) atoms. The van der Waals surface area contributed by atoms with Crippen molar-refractivity contribution in [2.45, 2.75) is 52.3 Å². The van der Waals surface area contributed by atoms with E-state index in [-0.39, 0.29) is 17.6 Å². The van der Waals surface area contributed by atoms with Gasteiger partial charge in [-0.1, -0.05) is 6.92 Å². The Morgan fingerprint density at radius 3 is 2.66 bits per heavy atom. The Balaban J connectivity index is 1.75. The van der Waals surface area contributed by atoms with Crippen molar-refractivity contribution in [1.82, 2.24) is 24.5 Å². The van der Waals surface area contributed by atoms with Gasteiger partial charge in [-0.3, -0.25) is 4.79 Å². The molecule has 1 aliphatic heterocycles. The van der Waals surface area contributed by atoms with Crippen LogP contribution in [0.3, 0.4) is 0 Å². The highest BCUT2D eigenvalue weighted by atomic mass is 32.1. The first-order valence-corrected chi connectivity index (χ1v) is 10.2. The molecule has 4 heterocycles. The van der Waals surface area contributed by atoms with Crippen LogP contribution in [0.4, 0.5) is 13.2 Å². The number of halogens is 3. The van der Waals surface area contributed by atoms with Crippen molar-refractivity contribution in [2.75, 3.05) is 6.54 Å². The maximum absolute atomic E-state index is 13.5. The number of rotatable bonds is 3. The molecule has 1 amide bonds. The lowest BCUT2D eigenvalue weighted by molar-refractivity contribution is -0.142. The summed E-state index contributed by atoms with van der Waals surface area (Å²) in [7, 11) is 0. The van der Waals surface area contributed by atoms with Gasteiger partial charge in [0.15, 0.2) is 5.65 Å². The van der Waals surface area contributed by atoms with Crippen molar-refractivity contribution in [2.24, 2.45) is 0 Å². The van der Waals surface area contributed by atoms with Gasteiger partial charge in [0, 0.05) is 18.3 Å². The lowest BCUT2D eigenvalue weighted by atomic mass is 10.1. The molecule has 0 aromatic carbocycles. The van der Waals surface area contributed by atoms with Crippen molar-refractivity contribution >= 4 is 22.9 Å². The Hall–Kier alpha value is -2.49. The molecule has 10 heteroatoms. The molecule has 0 saturated carbocycles. The largest absolute Gasteiger partial charge is 0.433 e. The van der Waals surface area contributed by atoms with E-state index in [2.05, 4.69) is 15.1 Å². The number of fused-ring (bicyclic) bond motifs is 1. The third kappa shape index (κ3) is 3.50. The number of likely N-dealkylation sites (tertiary alicyclic amines) is 1. The minimum atomic E-state index is -4.54. The van der Waals surface area contributed by atoms with Crippen LogP contribution in [-0.4, -0.2) is 36.9 Å². The normalized spacial score (nSPS) is 17.4. The SMILES string of the molecule is CCc1cc(C(F)(F)F)n2nc([C@@H]3CCCN3C(=O)c3sc(C)nc3C)cc2n1. The number of aromatic nitrogens is 4. The second-order valence-electron chi connectivity index (χ2n) is 7.13. The molecule has 3 aromatic heterocycles. The Morgan fingerprint density at radius 2 is 2.03 bits per heavy atom. The molecule has 1 aliphatic rings. The molecule has 1 saturated heterocycles. The van der Waals surface area contributed by atoms with Crippen molar-refractivity contribution in [1.29, 1.82) is 0 Å². The van der Waals surface area contributed by atoms with Gasteiger partial charge in [0.25, 0.3) is 5.91 Å². The van der Waals surface area contributed by atoms with Crippen LogP contribution < -0.4 is 0 Å². The highest BCUT2D eigenvalue weighted by Gasteiger charge is 2.37. The van der Waals surface area contributed by atoms with E-state index in [0.717, 1.165) is 22.0 Å². The molecular formula is C19H20F3N5OS. The van der Waals surface area contributed by atoms with Crippen LogP contribution >= 0.6 is 11.3 Å². The third-order valence-electron chi connectivity index (χ3n) is 5.10. The molecule has 1 atom stereocenters. The molecule has 6 nitrogen and oxygen atoms in total. The topological polar surface area (TPSA) is 63.4 Å². The summed E-state index contributed by atoms with van der Waals surface area (Å²) in [6, 6.07) is 2.22. The molecule has 0 spiro atoms. The summed E-state index contributed by atoms with van der Waals surface area (Å²) in [4.78, 5) is 23.9. The summed E-state index contributed by atoms with van der Waals surface area (Å²) in [6.45, 7) is 5.92. The molecule has 4 rings (SSSR count). The van der Waals surface area contributed by atoms with E-state index in [0.29, 0.717) is 41.3 Å². The first-order chi connectivity index (χ1) is 13.7. The Labute approximate surface area is 169 Å². The Bertz CT molecular complexity index is 1090. The monoisotopic (exact) mass is 423 g/mol. The van der Waals surface area contributed by atoms with Crippen LogP contribution in [0, 0.1) is 13.8 Å². The molecule has 0 aliphatic carbocycles. The van der Waals surface area contributed by atoms with Gasteiger partial charge in [-0.2, -0.15) is 18.3 Å². The zero-order valence-electron chi connectivity index (χ0n) is 16.2. The number of alkyl halides is 3. The highest BCUT2D eigenvalue weighted by molar-refractivity contribution is 7.13. The predicted molar refractivity (Wildman–Crippen MR) is 102 cm³/mol. The van der Waals surface area contributed by atoms with Gasteiger partial charge in [-0.15, -0.1) is 11.3 Å². The van der Waals surface area contributed by atoms with Gasteiger partial charge in [0.1, 0.15) is 10.6 Å². The van der Waals surface area contributed by atoms with E-state index in [1.807, 2.05) is 6.92 Å². The summed E-state index contributed by atoms with van der Waals surface area (Å²) in [5.41, 5.74) is 0.755. The molecule has 1 fully saturated rings. The first-order valence-electron chi connectivity index (χ1n) is 9.40. The number of carbonyl (C=O) groups excluding carboxylic acids is 1. The Kier molecular flexibility index (Phi) is 4.84. The lowest BCUT2D eigenvalue weighted by Gasteiger charge is -2.22. The predicted octanol–water partition coefficient (Wildman–Crippen LogP) is 4.36. The number of hydrogen-bond donors (Lipinski definition) is 0. The maximum Gasteiger partial charge on any atom is 0.433 e. The molecule has 0 unspecified atom stereocenters. The van der Waals surface area contributed by atoms with Crippen LogP contribution in [0.15, 0.2) is 12.1 Å². The first kappa shape index (κ1) is 19.8.